The molecule has 2 fully saturated rings. The summed E-state index contributed by atoms with van der Waals surface area (Å²) in [6, 6.07) is 28.6. The van der Waals surface area contributed by atoms with Gasteiger partial charge in [-0.15, -0.1) is 0 Å². The summed E-state index contributed by atoms with van der Waals surface area (Å²) in [6.07, 6.45) is 3.48. The highest BCUT2D eigenvalue weighted by Gasteiger charge is 2.47. The van der Waals surface area contributed by atoms with Gasteiger partial charge in [-0.25, -0.2) is 0 Å². The summed E-state index contributed by atoms with van der Waals surface area (Å²) >= 11 is 0. The lowest BCUT2D eigenvalue weighted by Crippen LogP contribution is -2.33. The smallest absolute Gasteiger partial charge is 0.176 e. The van der Waals surface area contributed by atoms with E-state index in [0.29, 0.717) is 18.4 Å². The van der Waals surface area contributed by atoms with E-state index in [4.69, 9.17) is 0 Å². The van der Waals surface area contributed by atoms with Gasteiger partial charge in [-0.05, 0) is 54.2 Å². The SMILES string of the molecule is O=C(CN1C[C@@H]2CC(O)(CCc3ccccc3)C[C@@H]2C1)c1ccc(-c2ccccc2)cc1. The van der Waals surface area contributed by atoms with Crippen LogP contribution in [0.5, 0.6) is 0 Å². The maximum atomic E-state index is 12.9. The quantitative estimate of drug-likeness (QED) is 0.526. The lowest BCUT2D eigenvalue weighted by Gasteiger charge is -2.26. The molecule has 3 aromatic carbocycles. The number of aryl methyl sites for hydroxylation is 1. The van der Waals surface area contributed by atoms with Crippen LogP contribution in [0.15, 0.2) is 84.9 Å². The van der Waals surface area contributed by atoms with Crippen molar-refractivity contribution < 1.29 is 9.90 Å². The van der Waals surface area contributed by atoms with Crippen molar-refractivity contribution >= 4 is 5.78 Å². The third kappa shape index (κ3) is 4.69. The van der Waals surface area contributed by atoms with Crippen LogP contribution in [0, 0.1) is 11.8 Å². The van der Waals surface area contributed by atoms with Gasteiger partial charge >= 0.3 is 0 Å². The Kier molecular flexibility index (Phi) is 5.95. The summed E-state index contributed by atoms with van der Waals surface area (Å²) in [5.74, 6) is 1.19. The van der Waals surface area contributed by atoms with Crippen LogP contribution < -0.4 is 0 Å². The van der Waals surface area contributed by atoms with Crippen molar-refractivity contribution in [1.82, 2.24) is 4.90 Å². The molecule has 0 bridgehead atoms. The van der Waals surface area contributed by atoms with Crippen molar-refractivity contribution in [2.24, 2.45) is 11.8 Å². The number of Topliss-reactive ketones (excluding diaryl/α,β-unsaturated/α-hetero) is 1. The molecule has 1 unspecified atom stereocenters. The number of fused-ring (bicyclic) bond motifs is 1. The number of carbonyl (C=O) groups is 1. The average Bonchev–Trinajstić information content (AvgIpc) is 3.33. The van der Waals surface area contributed by atoms with Crippen molar-refractivity contribution in [2.45, 2.75) is 31.3 Å². The molecule has 164 valence electrons. The Morgan fingerprint density at radius 3 is 2.00 bits per heavy atom. The monoisotopic (exact) mass is 425 g/mol. The van der Waals surface area contributed by atoms with Crippen molar-refractivity contribution in [3.8, 4) is 11.1 Å². The van der Waals surface area contributed by atoms with Gasteiger partial charge in [-0.3, -0.25) is 9.69 Å². The van der Waals surface area contributed by atoms with Crippen molar-refractivity contribution in [1.29, 1.82) is 0 Å². The fourth-order valence-corrected chi connectivity index (χ4v) is 5.69. The van der Waals surface area contributed by atoms with Crippen LogP contribution in [0.2, 0.25) is 0 Å². The lowest BCUT2D eigenvalue weighted by atomic mass is 9.91. The number of aliphatic hydroxyl groups is 1. The molecule has 3 heteroatoms. The van der Waals surface area contributed by atoms with Gasteiger partial charge in [0.1, 0.15) is 0 Å². The van der Waals surface area contributed by atoms with Gasteiger partial charge in [0.15, 0.2) is 5.78 Å². The molecule has 3 aromatic rings. The molecule has 1 N–H and O–H groups in total. The second kappa shape index (κ2) is 9.01. The molecule has 3 nitrogen and oxygen atoms in total. The molecule has 1 aliphatic carbocycles. The zero-order chi connectivity index (χ0) is 22.0. The second-order valence-corrected chi connectivity index (χ2v) is 9.70. The Morgan fingerprint density at radius 1 is 0.812 bits per heavy atom. The first kappa shape index (κ1) is 21.1. The van der Waals surface area contributed by atoms with Gasteiger partial charge in [-0.1, -0.05) is 84.9 Å². The van der Waals surface area contributed by atoms with Crippen LogP contribution in [-0.4, -0.2) is 41.0 Å². The van der Waals surface area contributed by atoms with Crippen LogP contribution in [0.1, 0.15) is 35.2 Å². The highest BCUT2D eigenvalue weighted by molar-refractivity contribution is 5.98. The first-order valence-corrected chi connectivity index (χ1v) is 11.8. The first-order valence-electron chi connectivity index (χ1n) is 11.8. The average molecular weight is 426 g/mol. The standard InChI is InChI=1S/C29H31NO2/c31-28(25-13-11-24(12-14-25)23-9-5-2-6-10-23)21-30-19-26-17-29(32,18-27(26)20-30)16-15-22-7-3-1-4-8-22/h1-14,26-27,32H,15-21H2/t26-,27+,29?. The summed E-state index contributed by atoms with van der Waals surface area (Å²) in [4.78, 5) is 15.2. The number of nitrogens with zero attached hydrogens (tertiary/aromatic N) is 1. The van der Waals surface area contributed by atoms with Gasteiger partial charge in [0, 0.05) is 18.7 Å². The summed E-state index contributed by atoms with van der Waals surface area (Å²) in [5.41, 5.74) is 3.82. The summed E-state index contributed by atoms with van der Waals surface area (Å²) in [6.45, 7) is 2.32. The molecule has 2 aliphatic rings. The molecule has 0 spiro atoms. The molecule has 0 amide bonds. The number of hydrogen-bond donors (Lipinski definition) is 1. The van der Waals surface area contributed by atoms with Gasteiger partial charge in [0.2, 0.25) is 0 Å². The number of hydrogen-bond acceptors (Lipinski definition) is 3. The van der Waals surface area contributed by atoms with Crippen molar-refractivity contribution in [3.05, 3.63) is 96.1 Å². The zero-order valence-corrected chi connectivity index (χ0v) is 18.5. The van der Waals surface area contributed by atoms with Gasteiger partial charge < -0.3 is 5.11 Å². The molecule has 1 saturated heterocycles. The van der Waals surface area contributed by atoms with Crippen molar-refractivity contribution in [2.75, 3.05) is 19.6 Å². The van der Waals surface area contributed by atoms with E-state index < -0.39 is 5.60 Å². The van der Waals surface area contributed by atoms with E-state index in [0.717, 1.165) is 49.9 Å². The Morgan fingerprint density at radius 2 is 1.38 bits per heavy atom. The molecule has 32 heavy (non-hydrogen) atoms. The number of benzene rings is 3. The number of ketones is 1. The predicted molar refractivity (Wildman–Crippen MR) is 129 cm³/mol. The van der Waals surface area contributed by atoms with E-state index in [1.54, 1.807) is 0 Å². The number of carbonyl (C=O) groups excluding carboxylic acids is 1. The second-order valence-electron chi connectivity index (χ2n) is 9.70. The largest absolute Gasteiger partial charge is 0.390 e. The molecule has 5 rings (SSSR count). The van der Waals surface area contributed by atoms with Crippen molar-refractivity contribution in [3.63, 3.8) is 0 Å². The Balaban J connectivity index is 1.13. The van der Waals surface area contributed by atoms with Crippen LogP contribution in [0.4, 0.5) is 0 Å². The van der Waals surface area contributed by atoms with Gasteiger partial charge in [0.25, 0.3) is 0 Å². The molecular weight excluding hydrogens is 394 g/mol. The van der Waals surface area contributed by atoms with Crippen LogP contribution in [0.25, 0.3) is 11.1 Å². The number of rotatable bonds is 7. The third-order valence-electron chi connectivity index (χ3n) is 7.34. The van der Waals surface area contributed by atoms with E-state index >= 15 is 0 Å². The fraction of sp³-hybridized carbons (Fsp3) is 0.345. The Labute approximate surface area is 190 Å². The van der Waals surface area contributed by atoms with E-state index in [9.17, 15) is 9.90 Å². The zero-order valence-electron chi connectivity index (χ0n) is 18.5. The minimum atomic E-state index is -0.547. The Hall–Kier alpha value is -2.75. The van der Waals surface area contributed by atoms with Crippen LogP contribution >= 0.6 is 0 Å². The summed E-state index contributed by atoms with van der Waals surface area (Å²) in [5, 5.41) is 11.1. The van der Waals surface area contributed by atoms with E-state index in [1.165, 1.54) is 11.1 Å². The van der Waals surface area contributed by atoms with E-state index in [1.807, 2.05) is 48.5 Å². The van der Waals surface area contributed by atoms with E-state index in [-0.39, 0.29) is 5.78 Å². The molecule has 0 aromatic heterocycles. The molecule has 1 heterocycles. The van der Waals surface area contributed by atoms with Crippen LogP contribution in [-0.2, 0) is 6.42 Å². The molecule has 1 aliphatic heterocycles. The summed E-state index contributed by atoms with van der Waals surface area (Å²) in [7, 11) is 0. The van der Waals surface area contributed by atoms with E-state index in [2.05, 4.69) is 41.3 Å². The predicted octanol–water partition coefficient (Wildman–Crippen LogP) is 5.24. The third-order valence-corrected chi connectivity index (χ3v) is 7.34. The molecule has 0 radical (unpaired) electrons. The highest BCUT2D eigenvalue weighted by atomic mass is 16.3. The maximum Gasteiger partial charge on any atom is 0.176 e. The first-order chi connectivity index (χ1) is 15.6. The summed E-state index contributed by atoms with van der Waals surface area (Å²) < 4.78 is 0. The lowest BCUT2D eigenvalue weighted by molar-refractivity contribution is 0.0271. The highest BCUT2D eigenvalue weighted by Crippen LogP contribution is 2.45. The Bertz CT molecular complexity index is 1030. The number of likely N-dealkylation sites (tertiary alicyclic amines) is 1. The molecule has 1 saturated carbocycles. The normalized spacial score (nSPS) is 25.0. The minimum Gasteiger partial charge on any atom is -0.390 e. The molecular formula is C29H31NO2. The maximum absolute atomic E-state index is 12.9. The molecule has 3 atom stereocenters. The van der Waals surface area contributed by atoms with Gasteiger partial charge in [0.05, 0.1) is 12.1 Å². The minimum absolute atomic E-state index is 0.184. The fourth-order valence-electron chi connectivity index (χ4n) is 5.69. The van der Waals surface area contributed by atoms with Crippen LogP contribution in [0.3, 0.4) is 0 Å². The topological polar surface area (TPSA) is 40.5 Å². The van der Waals surface area contributed by atoms with Gasteiger partial charge in [-0.2, -0.15) is 0 Å².